The first-order chi connectivity index (χ1) is 16.3. The Morgan fingerprint density at radius 2 is 1.24 bits per heavy atom. The molecule has 1 N–H and O–H groups in total. The normalized spacial score (nSPS) is 14.0. The lowest BCUT2D eigenvalue weighted by atomic mass is 10.0. The molecule has 4 rings (SSSR count). The number of amides is 1. The zero-order valence-electron chi connectivity index (χ0n) is 19.1. The predicted octanol–water partition coefficient (Wildman–Crippen LogP) is 4.16. The van der Waals surface area contributed by atoms with Crippen LogP contribution < -0.4 is 10.3 Å². The van der Waals surface area contributed by atoms with Crippen molar-refractivity contribution in [2.45, 2.75) is 19.3 Å². The zero-order valence-corrected chi connectivity index (χ0v) is 19.1. The summed E-state index contributed by atoms with van der Waals surface area (Å²) in [5.74, 6) is -0.0286. The van der Waals surface area contributed by atoms with Crippen molar-refractivity contribution in [1.82, 2.24) is 10.3 Å². The van der Waals surface area contributed by atoms with Gasteiger partial charge in [-0.3, -0.25) is 9.69 Å². The highest BCUT2D eigenvalue weighted by Crippen LogP contribution is 2.15. The fraction of sp³-hybridized carbons (Fsp3) is 0.286. The Morgan fingerprint density at radius 1 is 0.727 bits per heavy atom. The van der Waals surface area contributed by atoms with Crippen molar-refractivity contribution < 1.29 is 4.79 Å². The van der Waals surface area contributed by atoms with Crippen molar-refractivity contribution >= 4 is 17.3 Å². The van der Waals surface area contributed by atoms with Gasteiger partial charge in [0.25, 0.3) is 0 Å². The first-order valence-electron chi connectivity index (χ1n) is 11.7. The monoisotopic (exact) mass is 440 g/mol. The third kappa shape index (κ3) is 7.29. The molecule has 1 amide bonds. The third-order valence-corrected chi connectivity index (χ3v) is 5.99. The number of carbonyl (C=O) groups is 1. The highest BCUT2D eigenvalue weighted by Gasteiger charge is 2.17. The van der Waals surface area contributed by atoms with Crippen LogP contribution in [0.5, 0.6) is 0 Å². The quantitative estimate of drug-likeness (QED) is 0.402. The number of hydrazone groups is 1. The molecule has 0 aliphatic carbocycles. The fourth-order valence-corrected chi connectivity index (χ4v) is 4.13. The van der Waals surface area contributed by atoms with Gasteiger partial charge in [-0.25, -0.2) is 5.43 Å². The minimum Gasteiger partial charge on any atom is -0.369 e. The lowest BCUT2D eigenvalue weighted by Crippen LogP contribution is -2.47. The van der Waals surface area contributed by atoms with Crippen LogP contribution in [-0.4, -0.2) is 49.2 Å². The number of benzene rings is 3. The second-order valence-corrected chi connectivity index (χ2v) is 8.45. The van der Waals surface area contributed by atoms with E-state index < -0.39 is 0 Å². The first-order valence-corrected chi connectivity index (χ1v) is 11.7. The zero-order chi connectivity index (χ0) is 22.7. The van der Waals surface area contributed by atoms with Crippen molar-refractivity contribution in [3.8, 4) is 0 Å². The van der Waals surface area contributed by atoms with Gasteiger partial charge in [-0.2, -0.15) is 5.10 Å². The molecule has 1 heterocycles. The molecule has 170 valence electrons. The van der Waals surface area contributed by atoms with Gasteiger partial charge in [-0.1, -0.05) is 78.9 Å². The maximum Gasteiger partial charge on any atom is 0.241 e. The number of nitrogens with zero attached hydrogens (tertiary/aromatic N) is 3. The van der Waals surface area contributed by atoms with E-state index in [4.69, 9.17) is 0 Å². The Morgan fingerprint density at radius 3 is 1.79 bits per heavy atom. The van der Waals surface area contributed by atoms with Crippen LogP contribution in [0, 0.1) is 0 Å². The van der Waals surface area contributed by atoms with Gasteiger partial charge in [0.05, 0.1) is 0 Å². The third-order valence-electron chi connectivity index (χ3n) is 5.99. The maximum absolute atomic E-state index is 12.5. The molecule has 0 bridgehead atoms. The predicted molar refractivity (Wildman–Crippen MR) is 136 cm³/mol. The van der Waals surface area contributed by atoms with E-state index in [1.807, 2.05) is 42.5 Å². The molecule has 0 atom stereocenters. The van der Waals surface area contributed by atoms with E-state index in [1.54, 1.807) is 0 Å². The number of hydrogen-bond acceptors (Lipinski definition) is 4. The second kappa shape index (κ2) is 12.0. The number of anilines is 1. The summed E-state index contributed by atoms with van der Waals surface area (Å²) < 4.78 is 0. The maximum atomic E-state index is 12.5. The summed E-state index contributed by atoms with van der Waals surface area (Å²) in [5.41, 5.74) is 7.42. The standard InChI is InChI=1S/C28H32N4O/c33-28(16-17-31-18-20-32(21-19-31)27-14-8-3-9-15-27)30-29-26(22-24-10-4-1-5-11-24)23-25-12-6-2-7-13-25/h1-15H,16-23H2,(H,30,33). The smallest absolute Gasteiger partial charge is 0.241 e. The summed E-state index contributed by atoms with van der Waals surface area (Å²) in [5, 5.41) is 4.52. The lowest BCUT2D eigenvalue weighted by molar-refractivity contribution is -0.121. The van der Waals surface area contributed by atoms with E-state index in [1.165, 1.54) is 16.8 Å². The SMILES string of the molecule is O=C(CCN1CCN(c2ccccc2)CC1)NN=C(Cc1ccccc1)Cc1ccccc1. The van der Waals surface area contributed by atoms with Crippen LogP contribution in [0.2, 0.25) is 0 Å². The van der Waals surface area contributed by atoms with Crippen molar-refractivity contribution in [3.63, 3.8) is 0 Å². The van der Waals surface area contributed by atoms with Crippen LogP contribution in [0.25, 0.3) is 0 Å². The molecule has 3 aromatic rings. The average molecular weight is 441 g/mol. The molecule has 1 aliphatic rings. The minimum atomic E-state index is -0.0286. The summed E-state index contributed by atoms with van der Waals surface area (Å²) in [6.45, 7) is 4.68. The van der Waals surface area contributed by atoms with Gasteiger partial charge in [0.1, 0.15) is 0 Å². The van der Waals surface area contributed by atoms with Gasteiger partial charge in [0, 0.05) is 63.4 Å². The largest absolute Gasteiger partial charge is 0.369 e. The Kier molecular flexibility index (Phi) is 8.25. The van der Waals surface area contributed by atoms with E-state index in [0.717, 1.165) is 51.3 Å². The van der Waals surface area contributed by atoms with Crippen LogP contribution in [0.15, 0.2) is 96.1 Å². The summed E-state index contributed by atoms with van der Waals surface area (Å²) in [7, 11) is 0. The summed E-state index contributed by atoms with van der Waals surface area (Å²) >= 11 is 0. The van der Waals surface area contributed by atoms with E-state index >= 15 is 0 Å². The minimum absolute atomic E-state index is 0.0286. The van der Waals surface area contributed by atoms with Gasteiger partial charge in [0.15, 0.2) is 0 Å². The van der Waals surface area contributed by atoms with E-state index in [0.29, 0.717) is 6.42 Å². The number of nitrogens with one attached hydrogen (secondary N) is 1. The van der Waals surface area contributed by atoms with Crippen LogP contribution >= 0.6 is 0 Å². The molecule has 0 aromatic heterocycles. The van der Waals surface area contributed by atoms with Gasteiger partial charge < -0.3 is 4.90 Å². The molecule has 3 aromatic carbocycles. The van der Waals surface area contributed by atoms with Crippen molar-refractivity contribution in [2.24, 2.45) is 5.10 Å². The molecule has 33 heavy (non-hydrogen) atoms. The first kappa shape index (κ1) is 22.7. The number of hydrogen-bond donors (Lipinski definition) is 1. The van der Waals surface area contributed by atoms with Gasteiger partial charge in [-0.05, 0) is 23.3 Å². The van der Waals surface area contributed by atoms with E-state index in [9.17, 15) is 4.79 Å². The summed E-state index contributed by atoms with van der Waals surface area (Å²) in [6, 6.07) is 31.1. The van der Waals surface area contributed by atoms with Crippen LogP contribution in [0.3, 0.4) is 0 Å². The molecular formula is C28H32N4O. The van der Waals surface area contributed by atoms with Gasteiger partial charge in [0.2, 0.25) is 5.91 Å². The lowest BCUT2D eigenvalue weighted by Gasteiger charge is -2.36. The van der Waals surface area contributed by atoms with Gasteiger partial charge in [-0.15, -0.1) is 0 Å². The Hall–Kier alpha value is -3.44. The molecule has 1 saturated heterocycles. The van der Waals surface area contributed by atoms with Gasteiger partial charge >= 0.3 is 0 Å². The summed E-state index contributed by atoms with van der Waals surface area (Å²) in [4.78, 5) is 17.3. The number of rotatable bonds is 9. The molecular weight excluding hydrogens is 408 g/mol. The Labute approximate surface area is 196 Å². The fourth-order valence-electron chi connectivity index (χ4n) is 4.13. The molecule has 1 aliphatic heterocycles. The van der Waals surface area contributed by atoms with Crippen LogP contribution in [0.4, 0.5) is 5.69 Å². The molecule has 0 radical (unpaired) electrons. The number of carbonyl (C=O) groups excluding carboxylic acids is 1. The second-order valence-electron chi connectivity index (χ2n) is 8.45. The Bertz CT molecular complexity index is 970. The molecule has 0 saturated carbocycles. The molecule has 5 nitrogen and oxygen atoms in total. The Balaban J connectivity index is 1.27. The molecule has 0 spiro atoms. The van der Waals surface area contributed by atoms with Crippen molar-refractivity contribution in [2.75, 3.05) is 37.6 Å². The molecule has 0 unspecified atom stereocenters. The van der Waals surface area contributed by atoms with E-state index in [-0.39, 0.29) is 5.91 Å². The number of piperazine rings is 1. The number of para-hydroxylation sites is 1. The average Bonchev–Trinajstić information content (AvgIpc) is 2.88. The summed E-state index contributed by atoms with van der Waals surface area (Å²) in [6.07, 6.45) is 1.90. The van der Waals surface area contributed by atoms with Crippen LogP contribution in [-0.2, 0) is 17.6 Å². The molecule has 1 fully saturated rings. The highest BCUT2D eigenvalue weighted by atomic mass is 16.2. The van der Waals surface area contributed by atoms with E-state index in [2.05, 4.69) is 68.9 Å². The van der Waals surface area contributed by atoms with Crippen LogP contribution in [0.1, 0.15) is 17.5 Å². The molecule has 5 heteroatoms. The van der Waals surface area contributed by atoms with Crippen molar-refractivity contribution in [3.05, 3.63) is 102 Å². The topological polar surface area (TPSA) is 47.9 Å². The highest BCUT2D eigenvalue weighted by molar-refractivity contribution is 5.89. The van der Waals surface area contributed by atoms with Crippen molar-refractivity contribution in [1.29, 1.82) is 0 Å².